The van der Waals surface area contributed by atoms with Crippen LogP contribution in [0.4, 0.5) is 0 Å². The highest BCUT2D eigenvalue weighted by Crippen LogP contribution is 2.27. The summed E-state index contributed by atoms with van der Waals surface area (Å²) in [4.78, 5) is 24.1. The monoisotopic (exact) mass is 422 g/mol. The number of carbonyl (C=O) groups is 2. The maximum atomic E-state index is 12.3. The summed E-state index contributed by atoms with van der Waals surface area (Å²) in [7, 11) is 1.59. The fourth-order valence-corrected chi connectivity index (χ4v) is 2.54. The zero-order valence-electron chi connectivity index (χ0n) is 14.5. The van der Waals surface area contributed by atoms with Crippen molar-refractivity contribution in [3.63, 3.8) is 0 Å². The molecule has 0 aliphatic heterocycles. The Morgan fingerprint density at radius 1 is 1.00 bits per heavy atom. The standard InChI is InChI=1S/C19H19BrO6/c1-3-24-18(21)13-5-4-6-15(11-13)26-19(22)14-7-8-17(16(20)12-14)25-10-9-23-2/h4-8,11-12H,3,9-10H2,1-2H3. The number of methoxy groups -OCH3 is 1. The van der Waals surface area contributed by atoms with E-state index in [-0.39, 0.29) is 12.4 Å². The van der Waals surface area contributed by atoms with Gasteiger partial charge in [0.2, 0.25) is 0 Å². The molecule has 0 saturated carbocycles. The highest BCUT2D eigenvalue weighted by molar-refractivity contribution is 9.10. The molecular weight excluding hydrogens is 404 g/mol. The van der Waals surface area contributed by atoms with Crippen molar-refractivity contribution in [2.24, 2.45) is 0 Å². The molecule has 138 valence electrons. The quantitative estimate of drug-likeness (QED) is 0.365. The van der Waals surface area contributed by atoms with E-state index in [1.807, 2.05) is 0 Å². The van der Waals surface area contributed by atoms with E-state index in [0.29, 0.717) is 34.6 Å². The van der Waals surface area contributed by atoms with Crippen molar-refractivity contribution in [2.75, 3.05) is 26.9 Å². The minimum atomic E-state index is -0.546. The molecule has 0 atom stereocenters. The normalized spacial score (nSPS) is 10.3. The molecule has 6 nitrogen and oxygen atoms in total. The lowest BCUT2D eigenvalue weighted by atomic mass is 10.2. The van der Waals surface area contributed by atoms with Crippen LogP contribution < -0.4 is 9.47 Å². The molecule has 0 saturated heterocycles. The van der Waals surface area contributed by atoms with Crippen LogP contribution >= 0.6 is 15.9 Å². The predicted octanol–water partition coefficient (Wildman–Crippen LogP) is 3.87. The smallest absolute Gasteiger partial charge is 0.343 e. The van der Waals surface area contributed by atoms with E-state index in [1.165, 1.54) is 6.07 Å². The van der Waals surface area contributed by atoms with E-state index < -0.39 is 11.9 Å². The first-order valence-electron chi connectivity index (χ1n) is 7.95. The summed E-state index contributed by atoms with van der Waals surface area (Å²) in [5.74, 6) is -0.152. The topological polar surface area (TPSA) is 71.1 Å². The summed E-state index contributed by atoms with van der Waals surface area (Å²) in [5, 5.41) is 0. The fourth-order valence-electron chi connectivity index (χ4n) is 2.05. The summed E-state index contributed by atoms with van der Waals surface area (Å²) >= 11 is 3.37. The van der Waals surface area contributed by atoms with Gasteiger partial charge in [-0.2, -0.15) is 0 Å². The third kappa shape index (κ3) is 5.57. The zero-order valence-corrected chi connectivity index (χ0v) is 16.1. The van der Waals surface area contributed by atoms with E-state index in [2.05, 4.69) is 15.9 Å². The van der Waals surface area contributed by atoms with Crippen molar-refractivity contribution in [3.8, 4) is 11.5 Å². The molecule has 2 aromatic carbocycles. The molecule has 0 spiro atoms. The maximum absolute atomic E-state index is 12.3. The molecular formula is C19H19BrO6. The first-order chi connectivity index (χ1) is 12.5. The van der Waals surface area contributed by atoms with Gasteiger partial charge in [0.15, 0.2) is 0 Å². The molecule has 7 heteroatoms. The molecule has 2 aromatic rings. The Morgan fingerprint density at radius 2 is 1.77 bits per heavy atom. The minimum Gasteiger partial charge on any atom is -0.490 e. The molecule has 0 bridgehead atoms. The molecule has 0 aromatic heterocycles. The number of ether oxygens (including phenoxy) is 4. The van der Waals surface area contributed by atoms with Crippen LogP contribution in [0.5, 0.6) is 11.5 Å². The van der Waals surface area contributed by atoms with E-state index in [0.717, 1.165) is 0 Å². The summed E-state index contributed by atoms with van der Waals surface area (Å²) in [5.41, 5.74) is 0.665. The van der Waals surface area contributed by atoms with E-state index in [4.69, 9.17) is 18.9 Å². The highest BCUT2D eigenvalue weighted by Gasteiger charge is 2.13. The average molecular weight is 423 g/mol. The molecule has 0 aliphatic carbocycles. The average Bonchev–Trinajstić information content (AvgIpc) is 2.63. The number of hydrogen-bond acceptors (Lipinski definition) is 6. The predicted molar refractivity (Wildman–Crippen MR) is 98.9 cm³/mol. The van der Waals surface area contributed by atoms with E-state index in [1.54, 1.807) is 50.4 Å². The Kier molecular flexibility index (Phi) is 7.62. The molecule has 0 heterocycles. The van der Waals surface area contributed by atoms with Crippen LogP contribution in [-0.2, 0) is 9.47 Å². The van der Waals surface area contributed by atoms with Crippen molar-refractivity contribution in [2.45, 2.75) is 6.92 Å². The van der Waals surface area contributed by atoms with Gasteiger partial charge in [0.25, 0.3) is 0 Å². The summed E-state index contributed by atoms with van der Waals surface area (Å²) in [6.45, 7) is 2.87. The Balaban J connectivity index is 2.07. The summed E-state index contributed by atoms with van der Waals surface area (Å²) in [6.07, 6.45) is 0. The maximum Gasteiger partial charge on any atom is 0.343 e. The largest absolute Gasteiger partial charge is 0.490 e. The van der Waals surface area contributed by atoms with Gasteiger partial charge in [-0.1, -0.05) is 6.07 Å². The Hall–Kier alpha value is -2.38. The highest BCUT2D eigenvalue weighted by atomic mass is 79.9. The van der Waals surface area contributed by atoms with Crippen LogP contribution in [0.3, 0.4) is 0 Å². The van der Waals surface area contributed by atoms with Gasteiger partial charge in [-0.25, -0.2) is 9.59 Å². The van der Waals surface area contributed by atoms with Gasteiger partial charge in [0.1, 0.15) is 18.1 Å². The van der Waals surface area contributed by atoms with Gasteiger partial charge in [0, 0.05) is 7.11 Å². The molecule has 0 aliphatic rings. The van der Waals surface area contributed by atoms with Crippen LogP contribution in [0.25, 0.3) is 0 Å². The van der Waals surface area contributed by atoms with Gasteiger partial charge < -0.3 is 18.9 Å². The molecule has 26 heavy (non-hydrogen) atoms. The van der Waals surface area contributed by atoms with Gasteiger partial charge in [-0.15, -0.1) is 0 Å². The van der Waals surface area contributed by atoms with Crippen molar-refractivity contribution in [1.82, 2.24) is 0 Å². The Morgan fingerprint density at radius 3 is 2.46 bits per heavy atom. The molecule has 0 unspecified atom stereocenters. The van der Waals surface area contributed by atoms with E-state index in [9.17, 15) is 9.59 Å². The van der Waals surface area contributed by atoms with Gasteiger partial charge >= 0.3 is 11.9 Å². The van der Waals surface area contributed by atoms with Crippen LogP contribution in [-0.4, -0.2) is 38.9 Å². The third-order valence-electron chi connectivity index (χ3n) is 3.27. The summed E-state index contributed by atoms with van der Waals surface area (Å²) < 4.78 is 21.3. The number of rotatable bonds is 8. The first kappa shape index (κ1) is 19.9. The van der Waals surface area contributed by atoms with Gasteiger partial charge in [0.05, 0.1) is 28.8 Å². The fraction of sp³-hybridized carbons (Fsp3) is 0.263. The van der Waals surface area contributed by atoms with Crippen molar-refractivity contribution in [1.29, 1.82) is 0 Å². The van der Waals surface area contributed by atoms with Crippen molar-refractivity contribution in [3.05, 3.63) is 58.1 Å². The Bertz CT molecular complexity index is 774. The Labute approximate surface area is 160 Å². The molecule has 0 amide bonds. The van der Waals surface area contributed by atoms with Crippen LogP contribution in [0.1, 0.15) is 27.6 Å². The number of carbonyl (C=O) groups excluding carboxylic acids is 2. The van der Waals surface area contributed by atoms with Crippen molar-refractivity contribution < 1.29 is 28.5 Å². The van der Waals surface area contributed by atoms with Crippen molar-refractivity contribution >= 4 is 27.9 Å². The second-order valence-corrected chi connectivity index (χ2v) is 5.98. The number of benzene rings is 2. The molecule has 0 N–H and O–H groups in total. The molecule has 2 rings (SSSR count). The SMILES string of the molecule is CCOC(=O)c1cccc(OC(=O)c2ccc(OCCOC)c(Br)c2)c1. The number of esters is 2. The lowest BCUT2D eigenvalue weighted by molar-refractivity contribution is 0.0524. The van der Waals surface area contributed by atoms with Crippen LogP contribution in [0, 0.1) is 0 Å². The second kappa shape index (κ2) is 9.94. The van der Waals surface area contributed by atoms with Gasteiger partial charge in [-0.3, -0.25) is 0 Å². The van der Waals surface area contributed by atoms with Gasteiger partial charge in [-0.05, 0) is 59.3 Å². The first-order valence-corrected chi connectivity index (χ1v) is 8.75. The second-order valence-electron chi connectivity index (χ2n) is 5.12. The lowest BCUT2D eigenvalue weighted by Gasteiger charge is -2.10. The molecule has 0 radical (unpaired) electrons. The molecule has 0 fully saturated rings. The van der Waals surface area contributed by atoms with Crippen LogP contribution in [0.15, 0.2) is 46.9 Å². The number of hydrogen-bond donors (Lipinski definition) is 0. The summed E-state index contributed by atoms with van der Waals surface area (Å²) in [6, 6.07) is 11.2. The zero-order chi connectivity index (χ0) is 18.9. The lowest BCUT2D eigenvalue weighted by Crippen LogP contribution is -2.10. The minimum absolute atomic E-state index is 0.261. The number of halogens is 1. The third-order valence-corrected chi connectivity index (χ3v) is 3.89. The van der Waals surface area contributed by atoms with E-state index >= 15 is 0 Å². The van der Waals surface area contributed by atoms with Crippen LogP contribution in [0.2, 0.25) is 0 Å².